The van der Waals surface area contributed by atoms with Crippen LogP contribution in [0.5, 0.6) is 0 Å². The predicted octanol–water partition coefficient (Wildman–Crippen LogP) is 15.7. The molecule has 0 spiro atoms. The molecule has 0 aromatic carbocycles. The summed E-state index contributed by atoms with van der Waals surface area (Å²) in [5, 5.41) is 23.8. The van der Waals surface area contributed by atoms with E-state index in [0.717, 1.165) is 70.6 Å². The number of hydrogen-bond donors (Lipinski definition) is 3. The van der Waals surface area contributed by atoms with Gasteiger partial charge in [-0.05, 0) is 70.6 Å². The lowest BCUT2D eigenvalue weighted by atomic mass is 10.0. The Labute approximate surface area is 373 Å². The Kier molecular flexibility index (Phi) is 46.6. The van der Waals surface area contributed by atoms with Gasteiger partial charge >= 0.3 is 5.97 Å². The third-order valence-electron chi connectivity index (χ3n) is 12.0. The van der Waals surface area contributed by atoms with Crippen LogP contribution < -0.4 is 5.32 Å². The molecule has 0 aliphatic heterocycles. The summed E-state index contributed by atoms with van der Waals surface area (Å²) in [7, 11) is 0. The maximum Gasteiger partial charge on any atom is 0.306 e. The smallest absolute Gasteiger partial charge is 0.306 e. The first-order chi connectivity index (χ1) is 29.5. The lowest BCUT2D eigenvalue weighted by molar-refractivity contribution is -0.151. The summed E-state index contributed by atoms with van der Waals surface area (Å²) in [5.41, 5.74) is 0. The summed E-state index contributed by atoms with van der Waals surface area (Å²) >= 11 is 0. The highest BCUT2D eigenvalue weighted by molar-refractivity contribution is 5.77. The normalized spacial score (nSPS) is 13.5. The molecule has 6 heteroatoms. The summed E-state index contributed by atoms with van der Waals surface area (Å²) in [6, 6.07) is -0.716. The molecule has 0 aliphatic carbocycles. The first-order valence-electron chi connectivity index (χ1n) is 26.2. The summed E-state index contributed by atoms with van der Waals surface area (Å²) in [5.74, 6) is -0.532. The number of nitrogens with one attached hydrogen (secondary N) is 1. The Bertz CT molecular complexity index is 993. The van der Waals surface area contributed by atoms with Crippen molar-refractivity contribution in [3.05, 3.63) is 36.5 Å². The van der Waals surface area contributed by atoms with Gasteiger partial charge in [0.15, 0.2) is 0 Å². The SMILES string of the molecule is CCCCCCCC/C=C\CCCCCC(=O)OC(CCC/C=C/C=C/CCCCCCCCC)CC(=O)NC(CO)C(O)CCCCCCCCCCCCCCCC. The third kappa shape index (κ3) is 42.8. The Morgan fingerprint density at radius 3 is 1.32 bits per heavy atom. The van der Waals surface area contributed by atoms with Crippen molar-refractivity contribution in [1.29, 1.82) is 0 Å². The van der Waals surface area contributed by atoms with Gasteiger partial charge in [-0.3, -0.25) is 9.59 Å². The van der Waals surface area contributed by atoms with E-state index in [1.54, 1.807) is 0 Å². The number of carbonyl (C=O) groups excluding carboxylic acids is 2. The van der Waals surface area contributed by atoms with Gasteiger partial charge in [0.25, 0.3) is 0 Å². The highest BCUT2D eigenvalue weighted by Gasteiger charge is 2.24. The van der Waals surface area contributed by atoms with Gasteiger partial charge in [-0.2, -0.15) is 0 Å². The lowest BCUT2D eigenvalue weighted by Crippen LogP contribution is -2.46. The number of hydrogen-bond acceptors (Lipinski definition) is 5. The largest absolute Gasteiger partial charge is 0.462 e. The van der Waals surface area contributed by atoms with E-state index < -0.39 is 18.2 Å². The predicted molar refractivity (Wildman–Crippen MR) is 259 cm³/mol. The molecule has 6 nitrogen and oxygen atoms in total. The first-order valence-corrected chi connectivity index (χ1v) is 26.2. The number of aliphatic hydroxyl groups excluding tert-OH is 2. The standard InChI is InChI=1S/C54H101NO5/c1-4-7-10-13-16-19-22-25-28-30-33-36-39-42-45-50(60-54(59)47-44-41-38-35-32-27-24-21-18-15-12-9-6-3)48-53(58)55-51(49-56)52(57)46-43-40-37-34-31-29-26-23-20-17-14-11-8-5-2/h27-28,30,32-33,36,50-52,56-57H,4-26,29,31,34-35,37-49H2,1-3H3,(H,55,58)/b30-28+,32-27-,36-33+. The molecule has 0 radical (unpaired) electrons. The molecule has 1 amide bonds. The summed E-state index contributed by atoms with van der Waals surface area (Å²) in [4.78, 5) is 26.1. The molecule has 0 fully saturated rings. The van der Waals surface area contributed by atoms with Crippen LogP contribution in [0.1, 0.15) is 271 Å². The highest BCUT2D eigenvalue weighted by Crippen LogP contribution is 2.17. The zero-order chi connectivity index (χ0) is 43.8. The van der Waals surface area contributed by atoms with Crippen molar-refractivity contribution in [3.8, 4) is 0 Å². The number of esters is 1. The molecule has 3 N–H and O–H groups in total. The van der Waals surface area contributed by atoms with Gasteiger partial charge in [0, 0.05) is 6.42 Å². The minimum Gasteiger partial charge on any atom is -0.462 e. The van der Waals surface area contributed by atoms with E-state index in [2.05, 4.69) is 62.5 Å². The van der Waals surface area contributed by atoms with Crippen LogP contribution in [0.15, 0.2) is 36.5 Å². The average molecular weight is 844 g/mol. The van der Waals surface area contributed by atoms with Crippen LogP contribution in [0.4, 0.5) is 0 Å². The van der Waals surface area contributed by atoms with Crippen LogP contribution in [0, 0.1) is 0 Å². The van der Waals surface area contributed by atoms with Crippen LogP contribution in [0.2, 0.25) is 0 Å². The molecule has 0 heterocycles. The van der Waals surface area contributed by atoms with Gasteiger partial charge in [0.05, 0.1) is 25.2 Å². The van der Waals surface area contributed by atoms with E-state index >= 15 is 0 Å². The van der Waals surface area contributed by atoms with Crippen LogP contribution in [-0.2, 0) is 14.3 Å². The second-order valence-corrected chi connectivity index (χ2v) is 17.9. The van der Waals surface area contributed by atoms with Crippen LogP contribution in [0.3, 0.4) is 0 Å². The van der Waals surface area contributed by atoms with Crippen molar-refractivity contribution in [2.75, 3.05) is 6.61 Å². The Morgan fingerprint density at radius 2 is 0.867 bits per heavy atom. The monoisotopic (exact) mass is 844 g/mol. The molecule has 0 saturated carbocycles. The van der Waals surface area contributed by atoms with E-state index in [9.17, 15) is 19.8 Å². The van der Waals surface area contributed by atoms with Crippen LogP contribution in [-0.4, -0.2) is 46.9 Å². The van der Waals surface area contributed by atoms with Crippen molar-refractivity contribution in [1.82, 2.24) is 5.32 Å². The maximum absolute atomic E-state index is 13.2. The zero-order valence-electron chi connectivity index (χ0n) is 40.1. The number of rotatable bonds is 47. The number of amides is 1. The van der Waals surface area contributed by atoms with Gasteiger partial charge in [0.2, 0.25) is 5.91 Å². The molecular weight excluding hydrogens is 743 g/mol. The fourth-order valence-electron chi connectivity index (χ4n) is 7.95. The second-order valence-electron chi connectivity index (χ2n) is 17.9. The number of carbonyl (C=O) groups is 2. The molecule has 3 atom stereocenters. The van der Waals surface area contributed by atoms with E-state index in [1.807, 2.05) is 0 Å². The molecule has 0 aromatic rings. The highest BCUT2D eigenvalue weighted by atomic mass is 16.5. The topological polar surface area (TPSA) is 95.9 Å². The van der Waals surface area contributed by atoms with E-state index in [4.69, 9.17) is 4.74 Å². The van der Waals surface area contributed by atoms with Gasteiger partial charge in [-0.25, -0.2) is 0 Å². The fraction of sp³-hybridized carbons (Fsp3) is 0.852. The van der Waals surface area contributed by atoms with Crippen molar-refractivity contribution in [2.24, 2.45) is 0 Å². The van der Waals surface area contributed by atoms with Crippen molar-refractivity contribution >= 4 is 11.9 Å². The summed E-state index contributed by atoms with van der Waals surface area (Å²) < 4.78 is 5.90. The molecule has 352 valence electrons. The molecule has 60 heavy (non-hydrogen) atoms. The Hall–Kier alpha value is -1.92. The van der Waals surface area contributed by atoms with E-state index in [1.165, 1.54) is 154 Å². The van der Waals surface area contributed by atoms with E-state index in [0.29, 0.717) is 19.3 Å². The molecule has 0 rings (SSSR count). The Morgan fingerprint density at radius 1 is 0.483 bits per heavy atom. The number of aliphatic hydroxyl groups is 2. The summed E-state index contributed by atoms with van der Waals surface area (Å²) in [6.45, 7) is 6.46. The van der Waals surface area contributed by atoms with Crippen molar-refractivity contribution in [3.63, 3.8) is 0 Å². The molecular formula is C54H101NO5. The van der Waals surface area contributed by atoms with Gasteiger partial charge in [-0.1, -0.05) is 224 Å². The number of ether oxygens (including phenoxy) is 1. The fourth-order valence-corrected chi connectivity index (χ4v) is 7.95. The van der Waals surface area contributed by atoms with E-state index in [-0.39, 0.29) is 24.9 Å². The first kappa shape index (κ1) is 58.1. The molecule has 0 aromatic heterocycles. The second kappa shape index (κ2) is 48.1. The van der Waals surface area contributed by atoms with Crippen LogP contribution in [0.25, 0.3) is 0 Å². The van der Waals surface area contributed by atoms with Gasteiger partial charge in [0.1, 0.15) is 6.10 Å². The van der Waals surface area contributed by atoms with Gasteiger partial charge in [-0.15, -0.1) is 0 Å². The van der Waals surface area contributed by atoms with Crippen molar-refractivity contribution in [2.45, 2.75) is 289 Å². The summed E-state index contributed by atoms with van der Waals surface area (Å²) in [6.07, 6.45) is 56.4. The van der Waals surface area contributed by atoms with Crippen LogP contribution >= 0.6 is 0 Å². The maximum atomic E-state index is 13.2. The lowest BCUT2D eigenvalue weighted by Gasteiger charge is -2.24. The molecule has 0 aliphatic rings. The van der Waals surface area contributed by atoms with Gasteiger partial charge < -0.3 is 20.3 Å². The van der Waals surface area contributed by atoms with Crippen molar-refractivity contribution < 1.29 is 24.5 Å². The molecule has 0 bridgehead atoms. The zero-order valence-corrected chi connectivity index (χ0v) is 40.1. The minimum atomic E-state index is -0.799. The molecule has 3 unspecified atom stereocenters. The minimum absolute atomic E-state index is 0.0409. The number of unbranched alkanes of at least 4 members (excludes halogenated alkanes) is 30. The quantitative estimate of drug-likeness (QED) is 0.0245. The third-order valence-corrected chi connectivity index (χ3v) is 12.0. The average Bonchev–Trinajstić information content (AvgIpc) is 3.24. The molecule has 0 saturated heterocycles. The number of allylic oxidation sites excluding steroid dienone is 6. The Balaban J connectivity index is 4.64.